The summed E-state index contributed by atoms with van der Waals surface area (Å²) in [7, 11) is 0. The van der Waals surface area contributed by atoms with E-state index in [1.54, 1.807) is 21.9 Å². The van der Waals surface area contributed by atoms with E-state index < -0.39 is 17.2 Å². The topological polar surface area (TPSA) is 109 Å². The van der Waals surface area contributed by atoms with Gasteiger partial charge >= 0.3 is 5.69 Å². The molecule has 1 saturated carbocycles. The van der Waals surface area contributed by atoms with Crippen LogP contribution in [0.25, 0.3) is 0 Å². The average Bonchev–Trinajstić information content (AvgIpc) is 3.41. The van der Waals surface area contributed by atoms with Crippen LogP contribution in [-0.4, -0.2) is 57.3 Å². The van der Waals surface area contributed by atoms with Gasteiger partial charge in [0.05, 0.1) is 12.8 Å². The summed E-state index contributed by atoms with van der Waals surface area (Å²) >= 11 is 0. The molecular weight excluding hydrogens is 352 g/mol. The number of amides is 2. The van der Waals surface area contributed by atoms with Crippen molar-refractivity contribution in [3.8, 4) is 0 Å². The number of carbonyl (C=O) groups is 2. The molecule has 2 aliphatic rings. The fourth-order valence-electron chi connectivity index (χ4n) is 3.26. The molecule has 1 N–H and O–H groups in total. The molecule has 0 atom stereocenters. The van der Waals surface area contributed by atoms with E-state index in [9.17, 15) is 19.2 Å². The van der Waals surface area contributed by atoms with E-state index in [-0.39, 0.29) is 23.9 Å². The van der Waals surface area contributed by atoms with Crippen molar-refractivity contribution in [2.24, 2.45) is 5.92 Å². The minimum Gasteiger partial charge on any atom is -0.467 e. The second kappa shape index (κ2) is 6.90. The summed E-state index contributed by atoms with van der Waals surface area (Å²) in [6.45, 7) is 1.62. The summed E-state index contributed by atoms with van der Waals surface area (Å²) in [5.41, 5.74) is -1.35. The van der Waals surface area contributed by atoms with Gasteiger partial charge in [-0.1, -0.05) is 0 Å². The number of aromatic amines is 1. The molecule has 2 aromatic rings. The van der Waals surface area contributed by atoms with Gasteiger partial charge in [-0.2, -0.15) is 0 Å². The lowest BCUT2D eigenvalue weighted by Crippen LogP contribution is -2.52. The number of furan rings is 1. The standard InChI is InChI=1S/C18H20N4O5/c23-15(12-3-4-12)20-5-7-21(8-6-20)16(24)14-10-19-18(26)22(17(14)25)11-13-2-1-9-27-13/h1-2,9-10,12H,3-8,11H2,(H,19,26). The van der Waals surface area contributed by atoms with Gasteiger partial charge in [0.1, 0.15) is 11.3 Å². The lowest BCUT2D eigenvalue weighted by atomic mass is 10.2. The zero-order valence-electron chi connectivity index (χ0n) is 14.7. The summed E-state index contributed by atoms with van der Waals surface area (Å²) in [6.07, 6.45) is 4.51. The SMILES string of the molecule is O=C(c1c[nH]c(=O)n(Cc2ccco2)c1=O)N1CCN(C(=O)C2CC2)CC1. The van der Waals surface area contributed by atoms with Crippen LogP contribution in [0.4, 0.5) is 0 Å². The maximum absolute atomic E-state index is 12.8. The van der Waals surface area contributed by atoms with Crippen LogP contribution in [0, 0.1) is 5.92 Å². The number of nitrogens with one attached hydrogen (secondary N) is 1. The number of H-pyrrole nitrogens is 1. The molecule has 0 radical (unpaired) electrons. The van der Waals surface area contributed by atoms with Gasteiger partial charge in [0.2, 0.25) is 5.91 Å². The van der Waals surface area contributed by atoms with E-state index in [4.69, 9.17) is 4.42 Å². The number of hydrogen-bond acceptors (Lipinski definition) is 5. The fraction of sp³-hybridized carbons (Fsp3) is 0.444. The lowest BCUT2D eigenvalue weighted by molar-refractivity contribution is -0.134. The number of hydrogen-bond donors (Lipinski definition) is 1. The van der Waals surface area contributed by atoms with E-state index in [0.717, 1.165) is 23.6 Å². The first-order chi connectivity index (χ1) is 13.0. The molecule has 142 valence electrons. The molecule has 2 aromatic heterocycles. The van der Waals surface area contributed by atoms with Crippen LogP contribution in [0.1, 0.15) is 29.0 Å². The molecule has 2 amide bonds. The number of carbonyl (C=O) groups excluding carboxylic acids is 2. The van der Waals surface area contributed by atoms with Gasteiger partial charge < -0.3 is 19.2 Å². The number of nitrogens with zero attached hydrogens (tertiary/aromatic N) is 3. The second-order valence-electron chi connectivity index (χ2n) is 6.87. The van der Waals surface area contributed by atoms with E-state index in [1.807, 2.05) is 0 Å². The Morgan fingerprint density at radius 1 is 1.11 bits per heavy atom. The minimum absolute atomic E-state index is 0.0496. The van der Waals surface area contributed by atoms with E-state index in [2.05, 4.69) is 4.98 Å². The molecule has 3 heterocycles. The first kappa shape index (κ1) is 17.3. The highest BCUT2D eigenvalue weighted by atomic mass is 16.3. The quantitative estimate of drug-likeness (QED) is 0.804. The van der Waals surface area contributed by atoms with Gasteiger partial charge in [-0.3, -0.25) is 19.0 Å². The Morgan fingerprint density at radius 3 is 2.44 bits per heavy atom. The lowest BCUT2D eigenvalue weighted by Gasteiger charge is -2.34. The molecule has 0 unspecified atom stereocenters. The molecule has 0 bridgehead atoms. The third-order valence-corrected chi connectivity index (χ3v) is 4.99. The Kier molecular flexibility index (Phi) is 4.43. The first-order valence-corrected chi connectivity index (χ1v) is 8.97. The van der Waals surface area contributed by atoms with Crippen molar-refractivity contribution in [2.45, 2.75) is 19.4 Å². The predicted octanol–water partition coefficient (Wildman–Crippen LogP) is -0.128. The fourth-order valence-corrected chi connectivity index (χ4v) is 3.26. The first-order valence-electron chi connectivity index (χ1n) is 8.97. The zero-order chi connectivity index (χ0) is 19.0. The molecule has 9 nitrogen and oxygen atoms in total. The van der Waals surface area contributed by atoms with Crippen molar-refractivity contribution in [1.29, 1.82) is 0 Å². The van der Waals surface area contributed by atoms with Gasteiger partial charge in [0.25, 0.3) is 11.5 Å². The van der Waals surface area contributed by atoms with Crippen LogP contribution in [-0.2, 0) is 11.3 Å². The van der Waals surface area contributed by atoms with Crippen LogP contribution >= 0.6 is 0 Å². The molecule has 2 fully saturated rings. The molecule has 1 saturated heterocycles. The molecule has 0 aromatic carbocycles. The molecule has 0 spiro atoms. The maximum atomic E-state index is 12.8. The summed E-state index contributed by atoms with van der Waals surface area (Å²) in [5, 5.41) is 0. The summed E-state index contributed by atoms with van der Waals surface area (Å²) in [4.78, 5) is 55.3. The molecule has 1 aliphatic heterocycles. The Labute approximate surface area is 154 Å². The van der Waals surface area contributed by atoms with Crippen molar-refractivity contribution in [1.82, 2.24) is 19.4 Å². The predicted molar refractivity (Wildman–Crippen MR) is 94.3 cm³/mol. The van der Waals surface area contributed by atoms with Gasteiger partial charge in [0, 0.05) is 38.3 Å². The van der Waals surface area contributed by atoms with Gasteiger partial charge in [-0.25, -0.2) is 4.79 Å². The molecule has 9 heteroatoms. The molecule has 4 rings (SSSR count). The van der Waals surface area contributed by atoms with Crippen molar-refractivity contribution >= 4 is 11.8 Å². The third-order valence-electron chi connectivity index (χ3n) is 4.99. The van der Waals surface area contributed by atoms with Crippen molar-refractivity contribution in [2.75, 3.05) is 26.2 Å². The Hall–Kier alpha value is -3.10. The van der Waals surface area contributed by atoms with Crippen LogP contribution < -0.4 is 11.2 Å². The molecular formula is C18H20N4O5. The number of piperazine rings is 1. The Balaban J connectivity index is 1.50. The maximum Gasteiger partial charge on any atom is 0.328 e. The number of aromatic nitrogens is 2. The minimum atomic E-state index is -0.656. The van der Waals surface area contributed by atoms with Crippen LogP contribution in [0.3, 0.4) is 0 Å². The van der Waals surface area contributed by atoms with E-state index in [0.29, 0.717) is 31.9 Å². The Bertz CT molecular complexity index is 962. The van der Waals surface area contributed by atoms with Gasteiger partial charge in [-0.05, 0) is 25.0 Å². The largest absolute Gasteiger partial charge is 0.467 e. The zero-order valence-corrected chi connectivity index (χ0v) is 14.7. The van der Waals surface area contributed by atoms with E-state index in [1.165, 1.54) is 6.26 Å². The van der Waals surface area contributed by atoms with Gasteiger partial charge in [-0.15, -0.1) is 0 Å². The van der Waals surface area contributed by atoms with Gasteiger partial charge in [0.15, 0.2) is 0 Å². The summed E-state index contributed by atoms with van der Waals surface area (Å²) in [5.74, 6) is 0.314. The van der Waals surface area contributed by atoms with E-state index >= 15 is 0 Å². The van der Waals surface area contributed by atoms with Crippen LogP contribution in [0.15, 0.2) is 38.6 Å². The number of rotatable bonds is 4. The van der Waals surface area contributed by atoms with Crippen molar-refractivity contribution < 1.29 is 14.0 Å². The summed E-state index contributed by atoms with van der Waals surface area (Å²) in [6, 6.07) is 3.31. The van der Waals surface area contributed by atoms with Crippen LogP contribution in [0.5, 0.6) is 0 Å². The summed E-state index contributed by atoms with van der Waals surface area (Å²) < 4.78 is 6.12. The Morgan fingerprint density at radius 2 is 1.81 bits per heavy atom. The van der Waals surface area contributed by atoms with Crippen LogP contribution in [0.2, 0.25) is 0 Å². The highest BCUT2D eigenvalue weighted by Gasteiger charge is 2.35. The third kappa shape index (κ3) is 3.44. The van der Waals surface area contributed by atoms with Crippen molar-refractivity contribution in [3.05, 3.63) is 56.8 Å². The second-order valence-corrected chi connectivity index (χ2v) is 6.87. The smallest absolute Gasteiger partial charge is 0.328 e. The molecule has 1 aliphatic carbocycles. The highest BCUT2D eigenvalue weighted by Crippen LogP contribution is 2.31. The molecule has 27 heavy (non-hydrogen) atoms. The monoisotopic (exact) mass is 372 g/mol. The normalized spacial score (nSPS) is 17.2. The highest BCUT2D eigenvalue weighted by molar-refractivity contribution is 5.93. The van der Waals surface area contributed by atoms with Crippen molar-refractivity contribution in [3.63, 3.8) is 0 Å². The average molecular weight is 372 g/mol.